The van der Waals surface area contributed by atoms with E-state index in [1.165, 1.54) is 38.5 Å². The quantitative estimate of drug-likeness (QED) is 0.677. The lowest BCUT2D eigenvalue weighted by Gasteiger charge is -2.06. The zero-order valence-electron chi connectivity index (χ0n) is 10.0. The first-order valence-electron chi connectivity index (χ1n) is 6.19. The smallest absolute Gasteiger partial charge is 0.144 e. The van der Waals surface area contributed by atoms with Gasteiger partial charge in [0.2, 0.25) is 0 Å². The summed E-state index contributed by atoms with van der Waals surface area (Å²) in [6.07, 6.45) is 9.61. The summed E-state index contributed by atoms with van der Waals surface area (Å²) >= 11 is 5.98. The average molecular weight is 241 g/mol. The Morgan fingerprint density at radius 3 is 2.69 bits per heavy atom. The summed E-state index contributed by atoms with van der Waals surface area (Å²) in [6.45, 7) is 3.20. The lowest BCUT2D eigenvalue weighted by molar-refractivity contribution is 0.617. The number of unbranched alkanes of at least 4 members (excludes halogenated alkanes) is 5. The molecule has 90 valence electrons. The molecular formula is C13H21ClN2. The SMILES string of the molecule is CCCCCCCCNc1ncccc1Cl. The van der Waals surface area contributed by atoms with Crippen LogP contribution >= 0.6 is 11.6 Å². The van der Waals surface area contributed by atoms with Gasteiger partial charge in [-0.05, 0) is 18.6 Å². The molecular weight excluding hydrogens is 220 g/mol. The van der Waals surface area contributed by atoms with Crippen LogP contribution in [0, 0.1) is 0 Å². The van der Waals surface area contributed by atoms with Crippen LogP contribution < -0.4 is 5.32 Å². The number of nitrogens with zero attached hydrogens (tertiary/aromatic N) is 1. The van der Waals surface area contributed by atoms with Gasteiger partial charge in [0, 0.05) is 12.7 Å². The van der Waals surface area contributed by atoms with E-state index in [1.54, 1.807) is 6.20 Å². The molecule has 0 saturated carbocycles. The van der Waals surface area contributed by atoms with Gasteiger partial charge in [-0.2, -0.15) is 0 Å². The minimum absolute atomic E-state index is 0.702. The van der Waals surface area contributed by atoms with Gasteiger partial charge in [0.05, 0.1) is 5.02 Å². The third-order valence-corrected chi connectivity index (χ3v) is 2.89. The second kappa shape index (κ2) is 8.40. The zero-order chi connectivity index (χ0) is 11.6. The fraction of sp³-hybridized carbons (Fsp3) is 0.615. The normalized spacial score (nSPS) is 10.4. The van der Waals surface area contributed by atoms with Crippen molar-refractivity contribution < 1.29 is 0 Å². The van der Waals surface area contributed by atoms with Crippen molar-refractivity contribution in [2.75, 3.05) is 11.9 Å². The molecule has 16 heavy (non-hydrogen) atoms. The van der Waals surface area contributed by atoms with Gasteiger partial charge in [0.15, 0.2) is 0 Å². The topological polar surface area (TPSA) is 24.9 Å². The molecule has 0 aliphatic rings. The van der Waals surface area contributed by atoms with Crippen molar-refractivity contribution in [1.29, 1.82) is 0 Å². The molecule has 1 aromatic rings. The van der Waals surface area contributed by atoms with Crippen LogP contribution in [0.3, 0.4) is 0 Å². The number of rotatable bonds is 8. The number of halogens is 1. The molecule has 1 heterocycles. The fourth-order valence-corrected chi connectivity index (χ4v) is 1.82. The molecule has 3 heteroatoms. The first-order chi connectivity index (χ1) is 7.84. The van der Waals surface area contributed by atoms with E-state index >= 15 is 0 Å². The van der Waals surface area contributed by atoms with Crippen molar-refractivity contribution in [3.63, 3.8) is 0 Å². The molecule has 0 spiro atoms. The summed E-state index contributed by atoms with van der Waals surface area (Å²) < 4.78 is 0. The maximum absolute atomic E-state index is 5.98. The van der Waals surface area contributed by atoms with E-state index in [4.69, 9.17) is 11.6 Å². The Morgan fingerprint density at radius 2 is 1.94 bits per heavy atom. The lowest BCUT2D eigenvalue weighted by Crippen LogP contribution is -2.03. The Hall–Kier alpha value is -0.760. The Kier molecular flexibility index (Phi) is 6.98. The first-order valence-corrected chi connectivity index (χ1v) is 6.56. The molecule has 0 amide bonds. The number of nitrogens with one attached hydrogen (secondary N) is 1. The molecule has 0 atom stereocenters. The van der Waals surface area contributed by atoms with Gasteiger partial charge in [-0.25, -0.2) is 4.98 Å². The summed E-state index contributed by atoms with van der Waals surface area (Å²) in [4.78, 5) is 4.18. The van der Waals surface area contributed by atoms with Crippen LogP contribution in [0.1, 0.15) is 45.4 Å². The van der Waals surface area contributed by atoms with E-state index in [2.05, 4.69) is 17.2 Å². The van der Waals surface area contributed by atoms with Gasteiger partial charge in [-0.3, -0.25) is 0 Å². The molecule has 1 rings (SSSR count). The number of anilines is 1. The van der Waals surface area contributed by atoms with Gasteiger partial charge in [0.25, 0.3) is 0 Å². The average Bonchev–Trinajstić information content (AvgIpc) is 2.30. The van der Waals surface area contributed by atoms with Gasteiger partial charge in [-0.1, -0.05) is 50.6 Å². The third-order valence-electron chi connectivity index (χ3n) is 2.58. The van der Waals surface area contributed by atoms with E-state index < -0.39 is 0 Å². The van der Waals surface area contributed by atoms with Crippen molar-refractivity contribution >= 4 is 17.4 Å². The molecule has 0 radical (unpaired) electrons. The molecule has 0 aromatic carbocycles. The third kappa shape index (κ3) is 5.36. The van der Waals surface area contributed by atoms with Crippen LogP contribution in [0.2, 0.25) is 5.02 Å². The van der Waals surface area contributed by atoms with Crippen LogP contribution in [0.25, 0.3) is 0 Å². The molecule has 2 nitrogen and oxygen atoms in total. The summed E-state index contributed by atoms with van der Waals surface area (Å²) in [5.41, 5.74) is 0. The van der Waals surface area contributed by atoms with E-state index in [0.717, 1.165) is 12.4 Å². The Bertz CT molecular complexity index is 289. The zero-order valence-corrected chi connectivity index (χ0v) is 10.8. The largest absolute Gasteiger partial charge is 0.369 e. The van der Waals surface area contributed by atoms with Crippen molar-refractivity contribution in [2.24, 2.45) is 0 Å². The molecule has 1 aromatic heterocycles. The first kappa shape index (κ1) is 13.3. The van der Waals surface area contributed by atoms with Crippen LogP contribution in [0.4, 0.5) is 5.82 Å². The summed E-state index contributed by atoms with van der Waals surface area (Å²) in [5, 5.41) is 3.96. The summed E-state index contributed by atoms with van der Waals surface area (Å²) in [6, 6.07) is 3.70. The molecule has 0 bridgehead atoms. The minimum Gasteiger partial charge on any atom is -0.369 e. The molecule has 0 aliphatic heterocycles. The predicted molar refractivity (Wildman–Crippen MR) is 71.1 cm³/mol. The van der Waals surface area contributed by atoms with Gasteiger partial charge >= 0.3 is 0 Å². The predicted octanol–water partition coefficient (Wildman–Crippen LogP) is 4.51. The van der Waals surface area contributed by atoms with E-state index in [9.17, 15) is 0 Å². The number of hydrogen-bond acceptors (Lipinski definition) is 2. The van der Waals surface area contributed by atoms with Crippen LogP contribution in [0.5, 0.6) is 0 Å². The highest BCUT2D eigenvalue weighted by Crippen LogP contribution is 2.17. The van der Waals surface area contributed by atoms with Gasteiger partial charge in [-0.15, -0.1) is 0 Å². The molecule has 1 N–H and O–H groups in total. The fourth-order valence-electron chi connectivity index (χ4n) is 1.63. The Labute approximate surface area is 103 Å². The van der Waals surface area contributed by atoms with Crippen LogP contribution in [-0.2, 0) is 0 Å². The minimum atomic E-state index is 0.702. The Morgan fingerprint density at radius 1 is 1.19 bits per heavy atom. The highest BCUT2D eigenvalue weighted by atomic mass is 35.5. The maximum atomic E-state index is 5.98. The molecule has 0 fully saturated rings. The van der Waals surface area contributed by atoms with Gasteiger partial charge < -0.3 is 5.32 Å². The molecule has 0 unspecified atom stereocenters. The van der Waals surface area contributed by atoms with E-state index in [1.807, 2.05) is 12.1 Å². The standard InChI is InChI=1S/C13H21ClN2/c1-2-3-4-5-6-7-10-15-13-12(14)9-8-11-16-13/h8-9,11H,2-7,10H2,1H3,(H,15,16). The van der Waals surface area contributed by atoms with E-state index in [-0.39, 0.29) is 0 Å². The van der Waals surface area contributed by atoms with Crippen LogP contribution in [0.15, 0.2) is 18.3 Å². The highest BCUT2D eigenvalue weighted by Gasteiger charge is 1.98. The Balaban J connectivity index is 2.05. The van der Waals surface area contributed by atoms with Gasteiger partial charge in [0.1, 0.15) is 5.82 Å². The number of pyridine rings is 1. The number of aromatic nitrogens is 1. The van der Waals surface area contributed by atoms with Crippen molar-refractivity contribution in [1.82, 2.24) is 4.98 Å². The van der Waals surface area contributed by atoms with Crippen molar-refractivity contribution in [2.45, 2.75) is 45.4 Å². The monoisotopic (exact) mass is 240 g/mol. The molecule has 0 saturated heterocycles. The highest BCUT2D eigenvalue weighted by molar-refractivity contribution is 6.32. The summed E-state index contributed by atoms with van der Waals surface area (Å²) in [5.74, 6) is 0.803. The second-order valence-electron chi connectivity index (χ2n) is 4.03. The van der Waals surface area contributed by atoms with Crippen molar-refractivity contribution in [3.8, 4) is 0 Å². The van der Waals surface area contributed by atoms with E-state index in [0.29, 0.717) is 5.02 Å². The number of hydrogen-bond donors (Lipinski definition) is 1. The van der Waals surface area contributed by atoms with Crippen LogP contribution in [-0.4, -0.2) is 11.5 Å². The summed E-state index contributed by atoms with van der Waals surface area (Å²) in [7, 11) is 0. The maximum Gasteiger partial charge on any atom is 0.144 e. The second-order valence-corrected chi connectivity index (χ2v) is 4.44. The lowest BCUT2D eigenvalue weighted by atomic mass is 10.1. The van der Waals surface area contributed by atoms with Crippen molar-refractivity contribution in [3.05, 3.63) is 23.4 Å². The molecule has 0 aliphatic carbocycles.